The molecule has 1 aliphatic rings. The molecule has 0 spiro atoms. The number of benzene rings is 3. The predicted octanol–water partition coefficient (Wildman–Crippen LogP) is 4.73. The van der Waals surface area contributed by atoms with Gasteiger partial charge in [0, 0.05) is 5.56 Å². The van der Waals surface area contributed by atoms with Gasteiger partial charge in [-0.05, 0) is 54.8 Å². The Hall–Kier alpha value is -4.43. The zero-order valence-electron chi connectivity index (χ0n) is 22.6. The van der Waals surface area contributed by atoms with Gasteiger partial charge in [-0.25, -0.2) is 9.79 Å². The predicted molar refractivity (Wildman–Crippen MR) is 156 cm³/mol. The van der Waals surface area contributed by atoms with E-state index in [4.69, 9.17) is 19.2 Å². The number of thiazole rings is 1. The molecular weight excluding hydrogens is 524 g/mol. The van der Waals surface area contributed by atoms with Gasteiger partial charge in [0.2, 0.25) is 0 Å². The average Bonchev–Trinajstić information content (AvgIpc) is 3.30. The van der Waals surface area contributed by atoms with Gasteiger partial charge in [-0.15, -0.1) is 0 Å². The Bertz CT molecular complexity index is 1720. The van der Waals surface area contributed by atoms with Crippen LogP contribution in [0.4, 0.5) is 0 Å². The first-order chi connectivity index (χ1) is 19.5. The van der Waals surface area contributed by atoms with Gasteiger partial charge in [0.1, 0.15) is 11.5 Å². The van der Waals surface area contributed by atoms with Crippen molar-refractivity contribution < 1.29 is 19.0 Å². The van der Waals surface area contributed by atoms with Gasteiger partial charge < -0.3 is 14.2 Å². The van der Waals surface area contributed by atoms with E-state index in [9.17, 15) is 9.59 Å². The number of hydrogen-bond donors (Lipinski definition) is 0. The van der Waals surface area contributed by atoms with Crippen LogP contribution in [-0.2, 0) is 9.53 Å². The highest BCUT2D eigenvalue weighted by Crippen LogP contribution is 2.36. The summed E-state index contributed by atoms with van der Waals surface area (Å²) in [6.07, 6.45) is 2.77. The van der Waals surface area contributed by atoms with E-state index < -0.39 is 12.0 Å². The summed E-state index contributed by atoms with van der Waals surface area (Å²) >= 11 is 1.29. The van der Waals surface area contributed by atoms with E-state index in [1.165, 1.54) is 11.3 Å². The Balaban J connectivity index is 1.74. The maximum atomic E-state index is 14.0. The van der Waals surface area contributed by atoms with Crippen LogP contribution >= 0.6 is 11.3 Å². The fraction of sp³-hybridized carbons (Fsp3) is 0.219. The Morgan fingerprint density at radius 1 is 1.00 bits per heavy atom. The van der Waals surface area contributed by atoms with Crippen molar-refractivity contribution in [2.75, 3.05) is 20.3 Å². The molecule has 2 heterocycles. The summed E-state index contributed by atoms with van der Waals surface area (Å²) in [6, 6.07) is 23.7. The summed E-state index contributed by atoms with van der Waals surface area (Å²) in [7, 11) is 1.58. The molecule has 1 atom stereocenters. The monoisotopic (exact) mass is 554 g/mol. The van der Waals surface area contributed by atoms with Crippen molar-refractivity contribution in [3.05, 3.63) is 121 Å². The zero-order chi connectivity index (χ0) is 28.1. The molecule has 4 aromatic rings. The number of esters is 1. The van der Waals surface area contributed by atoms with Crippen molar-refractivity contribution in [3.8, 4) is 11.5 Å². The van der Waals surface area contributed by atoms with Crippen LogP contribution < -0.4 is 24.4 Å². The van der Waals surface area contributed by atoms with Crippen LogP contribution in [0.15, 0.2) is 94.2 Å². The van der Waals surface area contributed by atoms with Crippen LogP contribution in [0, 0.1) is 0 Å². The van der Waals surface area contributed by atoms with Crippen molar-refractivity contribution in [2.45, 2.75) is 26.3 Å². The molecule has 204 valence electrons. The largest absolute Gasteiger partial charge is 0.497 e. The van der Waals surface area contributed by atoms with E-state index >= 15 is 0 Å². The summed E-state index contributed by atoms with van der Waals surface area (Å²) in [5.41, 5.74) is 2.89. The number of ether oxygens (including phenoxy) is 3. The number of fused-ring (bicyclic) bond motifs is 1. The maximum Gasteiger partial charge on any atom is 0.338 e. The minimum Gasteiger partial charge on any atom is -0.497 e. The third-order valence-corrected chi connectivity index (χ3v) is 7.42. The molecule has 7 nitrogen and oxygen atoms in total. The second kappa shape index (κ2) is 12.2. The fourth-order valence-corrected chi connectivity index (χ4v) is 5.60. The Labute approximate surface area is 236 Å². The highest BCUT2D eigenvalue weighted by Gasteiger charge is 2.35. The molecule has 5 rings (SSSR count). The second-order valence-electron chi connectivity index (χ2n) is 9.13. The quantitative estimate of drug-likeness (QED) is 0.280. The highest BCUT2D eigenvalue weighted by molar-refractivity contribution is 7.07. The number of methoxy groups -OCH3 is 1. The molecule has 3 aromatic carbocycles. The van der Waals surface area contributed by atoms with Crippen molar-refractivity contribution in [1.29, 1.82) is 0 Å². The highest BCUT2D eigenvalue weighted by atomic mass is 32.1. The smallest absolute Gasteiger partial charge is 0.338 e. The molecule has 1 aliphatic heterocycles. The van der Waals surface area contributed by atoms with E-state index in [2.05, 4.69) is 6.92 Å². The second-order valence-corrected chi connectivity index (χ2v) is 10.1. The van der Waals surface area contributed by atoms with Gasteiger partial charge >= 0.3 is 5.97 Å². The van der Waals surface area contributed by atoms with Gasteiger partial charge in [-0.3, -0.25) is 9.36 Å². The molecule has 0 radical (unpaired) electrons. The number of hydrogen-bond acceptors (Lipinski definition) is 7. The van der Waals surface area contributed by atoms with Crippen LogP contribution in [0.2, 0.25) is 0 Å². The number of aromatic nitrogens is 1. The lowest BCUT2D eigenvalue weighted by Crippen LogP contribution is -2.40. The number of carbonyl (C=O) groups excluding carboxylic acids is 1. The molecular formula is C32H30N2O5S. The summed E-state index contributed by atoms with van der Waals surface area (Å²) < 4.78 is 18.8. The first kappa shape index (κ1) is 27.1. The van der Waals surface area contributed by atoms with Crippen LogP contribution in [0.5, 0.6) is 11.5 Å². The lowest BCUT2D eigenvalue weighted by atomic mass is 9.93. The Morgan fingerprint density at radius 3 is 2.48 bits per heavy atom. The van der Waals surface area contributed by atoms with Crippen molar-refractivity contribution >= 4 is 29.1 Å². The third-order valence-electron chi connectivity index (χ3n) is 6.43. The summed E-state index contributed by atoms with van der Waals surface area (Å²) in [4.78, 5) is 32.9. The van der Waals surface area contributed by atoms with Crippen LogP contribution in [0.25, 0.3) is 11.8 Å². The molecule has 0 saturated carbocycles. The minimum atomic E-state index is -0.757. The summed E-state index contributed by atoms with van der Waals surface area (Å²) in [5, 5.41) is 0. The van der Waals surface area contributed by atoms with Gasteiger partial charge in [-0.1, -0.05) is 72.9 Å². The average molecular weight is 555 g/mol. The van der Waals surface area contributed by atoms with E-state index in [1.54, 1.807) is 18.6 Å². The van der Waals surface area contributed by atoms with Crippen molar-refractivity contribution in [2.24, 2.45) is 4.99 Å². The molecule has 0 bridgehead atoms. The van der Waals surface area contributed by atoms with Crippen molar-refractivity contribution in [1.82, 2.24) is 4.57 Å². The molecule has 0 unspecified atom stereocenters. The molecule has 0 saturated heterocycles. The molecule has 0 amide bonds. The minimum absolute atomic E-state index is 0.192. The number of nitrogens with zero attached hydrogens (tertiary/aromatic N) is 2. The van der Waals surface area contributed by atoms with Gasteiger partial charge in [-0.2, -0.15) is 0 Å². The normalized spacial score (nSPS) is 14.9. The fourth-order valence-electron chi connectivity index (χ4n) is 4.60. The number of carbonyl (C=O) groups is 1. The van der Waals surface area contributed by atoms with Crippen LogP contribution in [0.3, 0.4) is 0 Å². The Morgan fingerprint density at radius 2 is 1.77 bits per heavy atom. The van der Waals surface area contributed by atoms with Gasteiger partial charge in [0.05, 0.1) is 42.2 Å². The first-order valence-corrected chi connectivity index (χ1v) is 14.0. The van der Waals surface area contributed by atoms with Crippen LogP contribution in [-0.4, -0.2) is 30.9 Å². The molecule has 0 N–H and O–H groups in total. The van der Waals surface area contributed by atoms with E-state index in [0.717, 1.165) is 28.9 Å². The molecule has 0 aliphatic carbocycles. The third kappa shape index (κ3) is 5.49. The van der Waals surface area contributed by atoms with Gasteiger partial charge in [0.25, 0.3) is 5.56 Å². The number of rotatable bonds is 9. The Kier molecular flexibility index (Phi) is 8.26. The topological polar surface area (TPSA) is 79.1 Å². The maximum absolute atomic E-state index is 14.0. The molecule has 0 fully saturated rings. The lowest BCUT2D eigenvalue weighted by molar-refractivity contribution is -0.138. The molecule has 8 heteroatoms. The van der Waals surface area contributed by atoms with Crippen molar-refractivity contribution in [3.63, 3.8) is 0 Å². The first-order valence-electron chi connectivity index (χ1n) is 13.2. The van der Waals surface area contributed by atoms with Crippen LogP contribution in [0.1, 0.15) is 43.0 Å². The van der Waals surface area contributed by atoms with E-state index in [-0.39, 0.29) is 12.2 Å². The SMILES string of the molecule is CCCOc1ccc(/C=c2\sc3n(c2=O)[C@H](c2cccc(OC)c2)C(C(=O)OCC)=C(c2ccccc2)N=3)cc1. The molecule has 40 heavy (non-hydrogen) atoms. The summed E-state index contributed by atoms with van der Waals surface area (Å²) in [6.45, 7) is 4.66. The van der Waals surface area contributed by atoms with E-state index in [1.807, 2.05) is 84.9 Å². The lowest BCUT2D eigenvalue weighted by Gasteiger charge is -2.26. The molecule has 1 aromatic heterocycles. The standard InChI is InChI=1S/C32H30N2O5S/c1-4-18-39-24-16-14-21(15-17-24)19-26-30(35)34-29(23-12-9-13-25(20-23)37-3)27(31(36)38-5-2)28(33-32(34)40-26)22-10-7-6-8-11-22/h6-17,19-20,29H,4-5,18H2,1-3H3/b26-19-/t29-/m1/s1. The zero-order valence-corrected chi connectivity index (χ0v) is 23.4. The van der Waals surface area contributed by atoms with E-state index in [0.29, 0.717) is 33.0 Å². The summed E-state index contributed by atoms with van der Waals surface area (Å²) in [5.74, 6) is 0.881. The van der Waals surface area contributed by atoms with Gasteiger partial charge in [0.15, 0.2) is 4.80 Å².